The van der Waals surface area contributed by atoms with Gasteiger partial charge in [-0.3, -0.25) is 0 Å². The average molecular weight is 204 g/mol. The van der Waals surface area contributed by atoms with Crippen molar-refractivity contribution in [3.8, 4) is 0 Å². The van der Waals surface area contributed by atoms with Gasteiger partial charge in [-0.25, -0.2) is 4.39 Å². The van der Waals surface area contributed by atoms with Gasteiger partial charge in [0, 0.05) is 9.75 Å². The summed E-state index contributed by atoms with van der Waals surface area (Å²) in [5.74, 6) is -0.295. The quantitative estimate of drug-likeness (QED) is 0.786. The first kappa shape index (κ1) is 10.6. The van der Waals surface area contributed by atoms with Gasteiger partial charge in [-0.05, 0) is 19.4 Å². The van der Waals surface area contributed by atoms with Gasteiger partial charge in [0.2, 0.25) is 0 Å². The van der Waals surface area contributed by atoms with E-state index in [1.807, 2.05) is 6.92 Å². The van der Waals surface area contributed by atoms with Gasteiger partial charge < -0.3 is 10.2 Å². The van der Waals surface area contributed by atoms with Crippen LogP contribution in [0.5, 0.6) is 0 Å². The lowest BCUT2D eigenvalue weighted by Gasteiger charge is -2.17. The van der Waals surface area contributed by atoms with Crippen LogP contribution in [0.15, 0.2) is 6.07 Å². The first-order valence-electron chi connectivity index (χ1n) is 4.13. The Labute approximate surface area is 80.7 Å². The number of aliphatic hydroxyl groups is 2. The molecule has 1 atom stereocenters. The number of aliphatic hydroxyl groups excluding tert-OH is 1. The zero-order valence-corrected chi connectivity index (χ0v) is 8.49. The molecule has 1 aromatic rings. The molecule has 1 unspecified atom stereocenters. The van der Waals surface area contributed by atoms with Crippen LogP contribution >= 0.6 is 11.3 Å². The number of rotatable bonds is 3. The van der Waals surface area contributed by atoms with Gasteiger partial charge in [-0.15, -0.1) is 11.3 Å². The second kappa shape index (κ2) is 3.74. The molecule has 0 bridgehead atoms. The molecule has 0 aromatic carbocycles. The highest BCUT2D eigenvalue weighted by Crippen LogP contribution is 2.30. The maximum atomic E-state index is 13.1. The minimum absolute atomic E-state index is 0.295. The summed E-state index contributed by atoms with van der Waals surface area (Å²) < 4.78 is 13.1. The van der Waals surface area contributed by atoms with Crippen LogP contribution < -0.4 is 0 Å². The molecule has 0 fully saturated rings. The monoisotopic (exact) mass is 204 g/mol. The molecule has 1 rings (SSSR count). The Morgan fingerprint density at radius 1 is 1.62 bits per heavy atom. The average Bonchev–Trinajstić information content (AvgIpc) is 2.47. The highest BCUT2D eigenvalue weighted by Gasteiger charge is 2.25. The highest BCUT2D eigenvalue weighted by atomic mass is 32.1. The number of hydrogen-bond donors (Lipinski definition) is 2. The van der Waals surface area contributed by atoms with Crippen molar-refractivity contribution in [1.82, 2.24) is 0 Å². The second-order valence-electron chi connectivity index (χ2n) is 3.17. The Kier molecular flexibility index (Phi) is 3.05. The van der Waals surface area contributed by atoms with E-state index in [9.17, 15) is 9.50 Å². The van der Waals surface area contributed by atoms with Crippen molar-refractivity contribution >= 4 is 11.3 Å². The summed E-state index contributed by atoms with van der Waals surface area (Å²) in [6.07, 6.45) is 0.609. The van der Waals surface area contributed by atoms with Crippen LogP contribution in [0.25, 0.3) is 0 Å². The van der Waals surface area contributed by atoms with E-state index in [0.29, 0.717) is 16.2 Å². The molecule has 0 aliphatic heterocycles. The molecule has 0 aliphatic rings. The molecule has 1 aromatic heterocycles. The second-order valence-corrected chi connectivity index (χ2v) is 4.30. The van der Waals surface area contributed by atoms with Crippen molar-refractivity contribution in [2.75, 3.05) is 6.61 Å². The van der Waals surface area contributed by atoms with E-state index in [1.54, 1.807) is 0 Å². The largest absolute Gasteiger partial charge is 0.393 e. The molecule has 0 aliphatic carbocycles. The Bertz CT molecular complexity index is 294. The molecule has 0 saturated carbocycles. The number of halogens is 1. The summed E-state index contributed by atoms with van der Waals surface area (Å²) in [6.45, 7) is 2.93. The minimum atomic E-state index is -1.32. The van der Waals surface area contributed by atoms with Crippen LogP contribution in [0, 0.1) is 5.82 Å². The predicted octanol–water partition coefficient (Wildman–Crippen LogP) is 1.65. The Balaban J connectivity index is 3.03. The third-order valence-electron chi connectivity index (χ3n) is 1.92. The first-order valence-corrected chi connectivity index (χ1v) is 4.95. The molecule has 2 nitrogen and oxygen atoms in total. The zero-order valence-electron chi connectivity index (χ0n) is 7.67. The summed E-state index contributed by atoms with van der Waals surface area (Å²) in [7, 11) is 0. The number of aryl methyl sites for hydroxylation is 1. The van der Waals surface area contributed by atoms with Gasteiger partial charge in [0.25, 0.3) is 0 Å². The summed E-state index contributed by atoms with van der Waals surface area (Å²) in [5, 5.41) is 18.5. The number of thiophene rings is 1. The van der Waals surface area contributed by atoms with E-state index in [1.165, 1.54) is 24.3 Å². The van der Waals surface area contributed by atoms with Crippen molar-refractivity contribution in [1.29, 1.82) is 0 Å². The molecule has 2 N–H and O–H groups in total. The molecule has 0 spiro atoms. The van der Waals surface area contributed by atoms with Crippen LogP contribution in [-0.4, -0.2) is 16.8 Å². The van der Waals surface area contributed by atoms with Gasteiger partial charge in [0.15, 0.2) is 0 Å². The van der Waals surface area contributed by atoms with E-state index in [2.05, 4.69) is 0 Å². The third-order valence-corrected chi connectivity index (χ3v) is 3.42. The highest BCUT2D eigenvalue weighted by molar-refractivity contribution is 7.12. The summed E-state index contributed by atoms with van der Waals surface area (Å²) >= 11 is 1.21. The van der Waals surface area contributed by atoms with Crippen LogP contribution in [0.4, 0.5) is 4.39 Å². The minimum Gasteiger partial charge on any atom is -0.393 e. The fourth-order valence-electron chi connectivity index (χ4n) is 0.991. The molecule has 0 radical (unpaired) electrons. The third kappa shape index (κ3) is 2.07. The van der Waals surface area contributed by atoms with Crippen molar-refractivity contribution in [2.45, 2.75) is 25.9 Å². The molecule has 0 amide bonds. The first-order chi connectivity index (χ1) is 6.01. The normalized spacial score (nSPS) is 15.8. The fraction of sp³-hybridized carbons (Fsp3) is 0.556. The SMILES string of the molecule is CCc1sc(C(C)(O)CO)cc1F. The van der Waals surface area contributed by atoms with Crippen molar-refractivity contribution in [3.05, 3.63) is 21.6 Å². The van der Waals surface area contributed by atoms with Gasteiger partial charge in [-0.2, -0.15) is 0 Å². The maximum Gasteiger partial charge on any atom is 0.137 e. The molecule has 4 heteroatoms. The Morgan fingerprint density at radius 2 is 2.23 bits per heavy atom. The summed E-state index contributed by atoms with van der Waals surface area (Å²) in [6, 6.07) is 1.29. The molecule has 74 valence electrons. The zero-order chi connectivity index (χ0) is 10.1. The Morgan fingerprint density at radius 3 is 2.62 bits per heavy atom. The van der Waals surface area contributed by atoms with Crippen molar-refractivity contribution in [3.63, 3.8) is 0 Å². The lowest BCUT2D eigenvalue weighted by Crippen LogP contribution is -2.24. The van der Waals surface area contributed by atoms with Crippen molar-refractivity contribution in [2.24, 2.45) is 0 Å². The topological polar surface area (TPSA) is 40.5 Å². The van der Waals surface area contributed by atoms with E-state index < -0.39 is 12.2 Å². The van der Waals surface area contributed by atoms with Crippen LogP contribution in [-0.2, 0) is 12.0 Å². The van der Waals surface area contributed by atoms with Crippen LogP contribution in [0.3, 0.4) is 0 Å². The van der Waals surface area contributed by atoms with Crippen molar-refractivity contribution < 1.29 is 14.6 Å². The Hall–Kier alpha value is -0.450. The lowest BCUT2D eigenvalue weighted by molar-refractivity contribution is 0.000656. The van der Waals surface area contributed by atoms with E-state index >= 15 is 0 Å². The summed E-state index contributed by atoms with van der Waals surface area (Å²) in [4.78, 5) is 1.09. The standard InChI is InChI=1S/C9H13FO2S/c1-3-7-6(10)4-8(13-7)9(2,12)5-11/h4,11-12H,3,5H2,1-2H3. The molecule has 13 heavy (non-hydrogen) atoms. The molecule has 0 saturated heterocycles. The van der Waals surface area contributed by atoms with Gasteiger partial charge in [0.1, 0.15) is 11.4 Å². The molecular weight excluding hydrogens is 191 g/mol. The molecular formula is C9H13FO2S. The lowest BCUT2D eigenvalue weighted by atomic mass is 10.1. The van der Waals surface area contributed by atoms with Crippen LogP contribution in [0.2, 0.25) is 0 Å². The molecule has 1 heterocycles. The van der Waals surface area contributed by atoms with E-state index in [4.69, 9.17) is 5.11 Å². The fourth-order valence-corrected chi connectivity index (χ4v) is 2.00. The number of hydrogen-bond acceptors (Lipinski definition) is 3. The van der Waals surface area contributed by atoms with Gasteiger partial charge >= 0.3 is 0 Å². The van der Waals surface area contributed by atoms with Gasteiger partial charge in [0.05, 0.1) is 6.61 Å². The maximum absolute atomic E-state index is 13.1. The van der Waals surface area contributed by atoms with Crippen LogP contribution in [0.1, 0.15) is 23.6 Å². The van der Waals surface area contributed by atoms with Gasteiger partial charge in [-0.1, -0.05) is 6.92 Å². The predicted molar refractivity (Wildman–Crippen MR) is 50.3 cm³/mol. The van der Waals surface area contributed by atoms with E-state index in [0.717, 1.165) is 0 Å². The smallest absolute Gasteiger partial charge is 0.137 e. The summed E-state index contributed by atoms with van der Waals surface area (Å²) in [5.41, 5.74) is -1.32. The van der Waals surface area contributed by atoms with E-state index in [-0.39, 0.29) is 5.82 Å².